The van der Waals surface area contributed by atoms with Gasteiger partial charge in [0.1, 0.15) is 12.1 Å². The van der Waals surface area contributed by atoms with Crippen molar-refractivity contribution in [3.63, 3.8) is 0 Å². The molecule has 3 rings (SSSR count). The first kappa shape index (κ1) is 17.9. The van der Waals surface area contributed by atoms with Crippen molar-refractivity contribution in [2.45, 2.75) is 32.7 Å². The molecule has 3 aromatic rings. The summed E-state index contributed by atoms with van der Waals surface area (Å²) >= 11 is 0. The van der Waals surface area contributed by atoms with E-state index in [1.165, 1.54) is 5.56 Å². The molecule has 1 atom stereocenters. The van der Waals surface area contributed by atoms with Crippen LogP contribution in [0.2, 0.25) is 0 Å². The summed E-state index contributed by atoms with van der Waals surface area (Å²) in [4.78, 5) is 20.6. The fourth-order valence-electron chi connectivity index (χ4n) is 2.86. The number of hydrogen-bond acceptors (Lipinski definition) is 3. The molecule has 0 saturated carbocycles. The van der Waals surface area contributed by atoms with Crippen LogP contribution in [-0.4, -0.2) is 20.4 Å². The van der Waals surface area contributed by atoms with Crippen LogP contribution in [0.5, 0.6) is 0 Å². The second-order valence-electron chi connectivity index (χ2n) is 6.60. The van der Waals surface area contributed by atoms with Gasteiger partial charge in [-0.25, -0.2) is 9.97 Å². The highest BCUT2D eigenvalue weighted by atomic mass is 16.1. The molecular formula is C21H24N4O. The Morgan fingerprint density at radius 3 is 2.77 bits per heavy atom. The standard InChI is InChI=1S/C21H24N4O/c1-17(7-8-18-5-3-2-4-6-18)13-21(26)24-15-19-9-10-23-20(14-19)25-12-11-22-16-25/h2-6,9-12,14,16-17H,7-8,13,15H2,1H3,(H,24,26)/t17-/m0/s1. The lowest BCUT2D eigenvalue weighted by Crippen LogP contribution is -2.24. The van der Waals surface area contributed by atoms with E-state index in [2.05, 4.69) is 46.5 Å². The lowest BCUT2D eigenvalue weighted by atomic mass is 9.98. The molecule has 0 aliphatic carbocycles. The Morgan fingerprint density at radius 1 is 1.15 bits per heavy atom. The second kappa shape index (κ2) is 8.94. The van der Waals surface area contributed by atoms with Gasteiger partial charge in [0.15, 0.2) is 0 Å². The molecule has 0 aliphatic heterocycles. The van der Waals surface area contributed by atoms with Crippen LogP contribution in [0.4, 0.5) is 0 Å². The minimum Gasteiger partial charge on any atom is -0.352 e. The van der Waals surface area contributed by atoms with Crippen LogP contribution in [-0.2, 0) is 17.8 Å². The van der Waals surface area contributed by atoms with Crippen LogP contribution >= 0.6 is 0 Å². The van der Waals surface area contributed by atoms with E-state index in [4.69, 9.17) is 0 Å². The molecule has 26 heavy (non-hydrogen) atoms. The lowest BCUT2D eigenvalue weighted by Gasteiger charge is -2.12. The first-order valence-electron chi connectivity index (χ1n) is 8.94. The van der Waals surface area contributed by atoms with Gasteiger partial charge in [0.05, 0.1) is 0 Å². The lowest BCUT2D eigenvalue weighted by molar-refractivity contribution is -0.122. The van der Waals surface area contributed by atoms with Crippen molar-refractivity contribution < 1.29 is 4.79 Å². The first-order chi connectivity index (χ1) is 12.7. The number of nitrogens with one attached hydrogen (secondary N) is 1. The summed E-state index contributed by atoms with van der Waals surface area (Å²) < 4.78 is 1.84. The predicted molar refractivity (Wildman–Crippen MR) is 102 cm³/mol. The molecule has 0 aliphatic rings. The second-order valence-corrected chi connectivity index (χ2v) is 6.60. The number of imidazole rings is 1. The number of amides is 1. The number of pyridine rings is 1. The van der Waals surface area contributed by atoms with Crippen molar-refractivity contribution in [2.75, 3.05) is 0 Å². The molecule has 0 bridgehead atoms. The van der Waals surface area contributed by atoms with E-state index >= 15 is 0 Å². The number of benzene rings is 1. The zero-order valence-electron chi connectivity index (χ0n) is 15.0. The molecule has 1 N–H and O–H groups in total. The highest BCUT2D eigenvalue weighted by Gasteiger charge is 2.09. The maximum atomic E-state index is 12.2. The first-order valence-corrected chi connectivity index (χ1v) is 8.94. The van der Waals surface area contributed by atoms with Gasteiger partial charge in [-0.2, -0.15) is 0 Å². The Kier molecular flexibility index (Phi) is 6.14. The molecule has 1 aromatic carbocycles. The maximum absolute atomic E-state index is 12.2. The summed E-state index contributed by atoms with van der Waals surface area (Å²) in [6, 6.07) is 14.3. The van der Waals surface area contributed by atoms with E-state index in [0.29, 0.717) is 18.9 Å². The third-order valence-electron chi connectivity index (χ3n) is 4.37. The van der Waals surface area contributed by atoms with Crippen molar-refractivity contribution in [3.05, 3.63) is 78.5 Å². The number of carbonyl (C=O) groups excluding carboxylic acids is 1. The number of aryl methyl sites for hydroxylation is 1. The summed E-state index contributed by atoms with van der Waals surface area (Å²) in [5.74, 6) is 1.24. The fraction of sp³-hybridized carbons (Fsp3) is 0.286. The molecule has 1 amide bonds. The number of aromatic nitrogens is 3. The molecule has 2 heterocycles. The van der Waals surface area contributed by atoms with Crippen molar-refractivity contribution in [1.29, 1.82) is 0 Å². The van der Waals surface area contributed by atoms with E-state index < -0.39 is 0 Å². The van der Waals surface area contributed by atoms with Crippen molar-refractivity contribution in [3.8, 4) is 5.82 Å². The van der Waals surface area contributed by atoms with Gasteiger partial charge in [0.2, 0.25) is 5.91 Å². The highest BCUT2D eigenvalue weighted by molar-refractivity contribution is 5.76. The Bertz CT molecular complexity index is 815. The molecule has 0 spiro atoms. The highest BCUT2D eigenvalue weighted by Crippen LogP contribution is 2.13. The smallest absolute Gasteiger partial charge is 0.220 e. The average molecular weight is 348 g/mol. The quantitative estimate of drug-likeness (QED) is 0.677. The number of rotatable bonds is 8. The van der Waals surface area contributed by atoms with Crippen LogP contribution in [0.25, 0.3) is 5.82 Å². The SMILES string of the molecule is C[C@@H](CCc1ccccc1)CC(=O)NCc1ccnc(-n2ccnc2)c1. The van der Waals surface area contributed by atoms with Crippen molar-refractivity contribution in [1.82, 2.24) is 19.9 Å². The summed E-state index contributed by atoms with van der Waals surface area (Å²) in [5.41, 5.74) is 2.34. The van der Waals surface area contributed by atoms with Gasteiger partial charge < -0.3 is 5.32 Å². The van der Waals surface area contributed by atoms with Crippen LogP contribution in [0.3, 0.4) is 0 Å². The molecule has 134 valence electrons. The Labute approximate surface area is 154 Å². The zero-order chi connectivity index (χ0) is 18.2. The fourth-order valence-corrected chi connectivity index (χ4v) is 2.86. The predicted octanol–water partition coefficient (Wildman–Crippen LogP) is 3.54. The summed E-state index contributed by atoms with van der Waals surface area (Å²) in [6.45, 7) is 2.64. The Hall–Kier alpha value is -2.95. The van der Waals surface area contributed by atoms with Gasteiger partial charge in [-0.15, -0.1) is 0 Å². The van der Waals surface area contributed by atoms with Crippen LogP contribution < -0.4 is 5.32 Å². The molecule has 0 fully saturated rings. The van der Waals surface area contributed by atoms with Gasteiger partial charge in [-0.05, 0) is 42.0 Å². The largest absolute Gasteiger partial charge is 0.352 e. The molecule has 5 nitrogen and oxygen atoms in total. The zero-order valence-corrected chi connectivity index (χ0v) is 15.0. The van der Waals surface area contributed by atoms with Crippen LogP contribution in [0.15, 0.2) is 67.4 Å². The van der Waals surface area contributed by atoms with Crippen LogP contribution in [0, 0.1) is 5.92 Å². The number of carbonyl (C=O) groups is 1. The third-order valence-corrected chi connectivity index (χ3v) is 4.37. The van der Waals surface area contributed by atoms with E-state index in [-0.39, 0.29) is 5.91 Å². The van der Waals surface area contributed by atoms with Crippen molar-refractivity contribution >= 4 is 5.91 Å². The number of nitrogens with zero attached hydrogens (tertiary/aromatic N) is 3. The minimum absolute atomic E-state index is 0.0894. The maximum Gasteiger partial charge on any atom is 0.220 e. The Balaban J connectivity index is 1.44. The van der Waals surface area contributed by atoms with Crippen molar-refractivity contribution in [2.24, 2.45) is 5.92 Å². The third kappa shape index (κ3) is 5.28. The summed E-state index contributed by atoms with van der Waals surface area (Å²) in [7, 11) is 0. The number of hydrogen-bond donors (Lipinski definition) is 1. The average Bonchev–Trinajstić information content (AvgIpc) is 3.21. The summed E-state index contributed by atoms with van der Waals surface area (Å²) in [5, 5.41) is 3.01. The summed E-state index contributed by atoms with van der Waals surface area (Å²) in [6.07, 6.45) is 9.59. The van der Waals surface area contributed by atoms with Gasteiger partial charge in [0.25, 0.3) is 0 Å². The van der Waals surface area contributed by atoms with E-state index in [0.717, 1.165) is 24.2 Å². The van der Waals surface area contributed by atoms with Gasteiger partial charge in [-0.1, -0.05) is 37.3 Å². The molecule has 0 radical (unpaired) electrons. The Morgan fingerprint density at radius 2 is 2.00 bits per heavy atom. The molecule has 0 unspecified atom stereocenters. The molecular weight excluding hydrogens is 324 g/mol. The van der Waals surface area contributed by atoms with Gasteiger partial charge in [0, 0.05) is 31.6 Å². The monoisotopic (exact) mass is 348 g/mol. The topological polar surface area (TPSA) is 59.8 Å². The van der Waals surface area contributed by atoms with Gasteiger partial charge in [-0.3, -0.25) is 9.36 Å². The molecule has 0 saturated heterocycles. The normalized spacial score (nSPS) is 11.9. The van der Waals surface area contributed by atoms with E-state index in [9.17, 15) is 4.79 Å². The van der Waals surface area contributed by atoms with Gasteiger partial charge >= 0.3 is 0 Å². The van der Waals surface area contributed by atoms with E-state index in [1.807, 2.05) is 29.0 Å². The minimum atomic E-state index is 0.0894. The van der Waals surface area contributed by atoms with E-state index in [1.54, 1.807) is 18.7 Å². The molecule has 5 heteroatoms. The van der Waals surface area contributed by atoms with Crippen LogP contribution in [0.1, 0.15) is 30.9 Å². The molecule has 2 aromatic heterocycles.